The number of carboxylic acids is 1. The van der Waals surface area contributed by atoms with Crippen molar-refractivity contribution in [2.45, 2.75) is 82.4 Å². The maximum absolute atomic E-state index is 13.7. The number of aliphatic hydroxyl groups is 1. The van der Waals surface area contributed by atoms with Crippen LogP contribution < -0.4 is 5.32 Å². The largest absolute Gasteiger partial charge is 0.477 e. The summed E-state index contributed by atoms with van der Waals surface area (Å²) in [5.41, 5.74) is -0.298. The van der Waals surface area contributed by atoms with Gasteiger partial charge in [-0.3, -0.25) is 29.8 Å². The third-order valence-electron chi connectivity index (χ3n) is 11.7. The number of likely N-dealkylation sites (tertiary alicyclic amines) is 2. The third kappa shape index (κ3) is 8.92. The van der Waals surface area contributed by atoms with Crippen molar-refractivity contribution in [3.63, 3.8) is 0 Å². The van der Waals surface area contributed by atoms with E-state index in [9.17, 15) is 49.6 Å². The number of hydrogen-bond acceptors (Lipinski definition) is 12. The lowest BCUT2D eigenvalue weighted by molar-refractivity contribution is -0.385. The Balaban J connectivity index is 1.23. The number of nitro groups is 2. The number of nitro benzene ring substituents is 2. The fourth-order valence-electron chi connectivity index (χ4n) is 8.70. The number of hydrogen-bond donors (Lipinski definition) is 3. The van der Waals surface area contributed by atoms with E-state index in [2.05, 4.69) is 17.3 Å². The van der Waals surface area contributed by atoms with Gasteiger partial charge in [-0.2, -0.15) is 0 Å². The second-order valence-corrected chi connectivity index (χ2v) is 17.1. The summed E-state index contributed by atoms with van der Waals surface area (Å²) in [5.74, 6) is -2.47. The molecule has 2 aromatic rings. The average Bonchev–Trinajstić information content (AvgIpc) is 3.65. The molecule has 6 rings (SSSR count). The number of piperidine rings is 1. The molecule has 3 N–H and O–H groups in total. The Morgan fingerprint density at radius 1 is 1.02 bits per heavy atom. The van der Waals surface area contributed by atoms with Crippen LogP contribution in [0.15, 0.2) is 59.1 Å². The number of rotatable bonds is 15. The van der Waals surface area contributed by atoms with Gasteiger partial charge < -0.3 is 35.0 Å². The first-order valence-corrected chi connectivity index (χ1v) is 20.0. The topological polar surface area (TPSA) is 226 Å². The van der Waals surface area contributed by atoms with E-state index in [0.717, 1.165) is 32.4 Å². The zero-order chi connectivity index (χ0) is 41.2. The van der Waals surface area contributed by atoms with Gasteiger partial charge in [0.25, 0.3) is 11.4 Å². The highest BCUT2D eigenvalue weighted by Gasteiger charge is 2.66. The van der Waals surface area contributed by atoms with Crippen LogP contribution in [0, 0.1) is 37.5 Å². The maximum Gasteiger partial charge on any atom is 0.410 e. The first kappa shape index (κ1) is 41.6. The highest BCUT2D eigenvalue weighted by atomic mass is 32.2. The summed E-state index contributed by atoms with van der Waals surface area (Å²) >= 11 is 1.22. The molecule has 57 heavy (non-hydrogen) atoms. The fraction of sp³-hybridized carbons (Fsp3) is 0.538. The van der Waals surface area contributed by atoms with E-state index >= 15 is 0 Å². The number of fused-ring (bicyclic) bond motifs is 1. The molecule has 0 aliphatic carbocycles. The summed E-state index contributed by atoms with van der Waals surface area (Å²) in [6.07, 6.45) is 1.63. The normalized spacial score (nSPS) is 25.5. The van der Waals surface area contributed by atoms with Crippen LogP contribution >= 0.6 is 11.8 Å². The summed E-state index contributed by atoms with van der Waals surface area (Å²) in [6, 6.07) is 10.2. The molecule has 3 fully saturated rings. The van der Waals surface area contributed by atoms with Gasteiger partial charge in [-0.15, -0.1) is 11.8 Å². The molecule has 0 bridgehead atoms. The minimum absolute atomic E-state index is 0.0284. The number of aliphatic carboxylic acids is 1. The lowest BCUT2D eigenvalue weighted by Gasteiger charge is -2.51. The number of nitrogens with zero attached hydrogens (tertiary/aromatic N) is 5. The summed E-state index contributed by atoms with van der Waals surface area (Å²) in [7, 11) is 2.09. The van der Waals surface area contributed by atoms with Gasteiger partial charge in [0.1, 0.15) is 12.3 Å². The van der Waals surface area contributed by atoms with Gasteiger partial charge in [-0.05, 0) is 88.3 Å². The predicted molar refractivity (Wildman–Crippen MR) is 208 cm³/mol. The molecule has 6 atom stereocenters. The smallest absolute Gasteiger partial charge is 0.410 e. The van der Waals surface area contributed by atoms with E-state index in [1.54, 1.807) is 12.1 Å². The number of amides is 3. The van der Waals surface area contributed by atoms with Gasteiger partial charge in [0.15, 0.2) is 0 Å². The molecule has 4 heterocycles. The number of carbonyl (C=O) groups excluding carboxylic acids is 3. The first-order valence-electron chi connectivity index (χ1n) is 19.1. The molecule has 0 spiro atoms. The monoisotopic (exact) mass is 808 g/mol. The van der Waals surface area contributed by atoms with Crippen LogP contribution in [-0.2, 0) is 32.1 Å². The number of thioether (sulfide) groups is 1. The lowest BCUT2D eigenvalue weighted by atomic mass is 9.67. The highest BCUT2D eigenvalue weighted by Crippen LogP contribution is 2.60. The minimum atomic E-state index is -1.33. The van der Waals surface area contributed by atoms with E-state index in [0.29, 0.717) is 34.9 Å². The number of ether oxygens (including phenoxy) is 1. The highest BCUT2D eigenvalue weighted by molar-refractivity contribution is 8.03. The van der Waals surface area contributed by atoms with Crippen molar-refractivity contribution in [1.29, 1.82) is 0 Å². The van der Waals surface area contributed by atoms with Crippen LogP contribution in [0.1, 0.15) is 57.1 Å². The van der Waals surface area contributed by atoms with E-state index in [-0.39, 0.29) is 49.0 Å². The quantitative estimate of drug-likeness (QED) is 0.130. The summed E-state index contributed by atoms with van der Waals surface area (Å²) in [6.45, 7) is 5.73. The van der Waals surface area contributed by atoms with Crippen LogP contribution in [0.3, 0.4) is 0 Å². The first-order chi connectivity index (χ1) is 27.1. The van der Waals surface area contributed by atoms with Gasteiger partial charge in [0.2, 0.25) is 11.8 Å². The van der Waals surface area contributed by atoms with Crippen molar-refractivity contribution in [1.82, 2.24) is 20.0 Å². The summed E-state index contributed by atoms with van der Waals surface area (Å²) in [5, 5.41) is 46.3. The SMILES string of the molecule is CC(O)[C@H]1C(=O)N2C(C(=O)O)=C(S[C@H]3C[C@H](CC(=O)NCCC4CCN(C)CC4)N(C(=O)OCc4ccc([N+](=O)[O-])cc4)C3)[C@](C)(Cc3ccc([N+](=O)[O-])cc3)[C@H]12. The molecule has 1 unspecified atom stereocenters. The van der Waals surface area contributed by atoms with Gasteiger partial charge >= 0.3 is 12.1 Å². The Kier molecular flexibility index (Phi) is 12.5. The van der Waals surface area contributed by atoms with Gasteiger partial charge in [0, 0.05) is 65.4 Å². The fourth-order valence-corrected chi connectivity index (χ4v) is 10.3. The Morgan fingerprint density at radius 2 is 1.61 bits per heavy atom. The van der Waals surface area contributed by atoms with Gasteiger partial charge in [-0.25, -0.2) is 9.59 Å². The van der Waals surface area contributed by atoms with Crippen LogP contribution in [0.4, 0.5) is 16.2 Å². The van der Waals surface area contributed by atoms with Crippen molar-refractivity contribution in [3.05, 3.63) is 90.5 Å². The molecule has 4 aliphatic heterocycles. The molecule has 18 heteroatoms. The molecule has 306 valence electrons. The molecule has 0 saturated carbocycles. The number of nitrogens with one attached hydrogen (secondary N) is 1. The van der Waals surface area contributed by atoms with Crippen LogP contribution in [-0.4, -0.2) is 115 Å². The Hall–Kier alpha value is -5.07. The molecule has 0 radical (unpaired) electrons. The van der Waals surface area contributed by atoms with Crippen LogP contribution in [0.25, 0.3) is 0 Å². The molecule has 2 aromatic carbocycles. The predicted octanol–water partition coefficient (Wildman–Crippen LogP) is 4.32. The van der Waals surface area contributed by atoms with E-state index < -0.39 is 62.6 Å². The Labute approximate surface area is 333 Å². The minimum Gasteiger partial charge on any atom is -0.477 e. The molecular formula is C39H48N6O11S. The number of β-lactam (4-membered cyclic amide) rings is 1. The van der Waals surface area contributed by atoms with Gasteiger partial charge in [0.05, 0.1) is 27.9 Å². The number of carboxylic acid groups (broad SMARTS) is 1. The number of aliphatic hydroxyl groups excluding tert-OH is 1. The molecule has 4 aliphatic rings. The lowest BCUT2D eigenvalue weighted by Crippen LogP contribution is -2.66. The van der Waals surface area contributed by atoms with E-state index in [1.165, 1.54) is 64.9 Å². The standard InChI is InChI=1S/C39H48N6O11S/c1-23(46)32-34-39(2,20-25-4-8-27(9-5-25)44(52)53)35(33(37(49)50)43(34)36(32)48)57-30-18-29(19-31(47)40-15-12-24-13-16-41(3)17-14-24)42(21-30)38(51)56-22-26-6-10-28(11-7-26)45(54)55/h4-11,23-24,29-30,32,34,46H,12-22H2,1-3H3,(H,40,47)(H,49,50)/t23?,29-,30+,32-,34+,39-/m1/s1. The maximum atomic E-state index is 13.7. The van der Waals surface area contributed by atoms with Crippen molar-refractivity contribution >= 4 is 47.0 Å². The Bertz CT molecular complexity index is 1920. The van der Waals surface area contributed by atoms with Crippen LogP contribution in [0.5, 0.6) is 0 Å². The van der Waals surface area contributed by atoms with Crippen molar-refractivity contribution in [3.8, 4) is 0 Å². The molecule has 3 amide bonds. The summed E-state index contributed by atoms with van der Waals surface area (Å²) < 4.78 is 5.65. The molecular weight excluding hydrogens is 761 g/mol. The van der Waals surface area contributed by atoms with E-state index in [4.69, 9.17) is 4.74 Å². The summed E-state index contributed by atoms with van der Waals surface area (Å²) in [4.78, 5) is 80.3. The van der Waals surface area contributed by atoms with Crippen molar-refractivity contribution in [2.75, 3.05) is 33.2 Å². The molecule has 3 saturated heterocycles. The zero-order valence-electron chi connectivity index (χ0n) is 32.1. The number of benzene rings is 2. The third-order valence-corrected chi connectivity index (χ3v) is 13.3. The van der Waals surface area contributed by atoms with Gasteiger partial charge in [-0.1, -0.05) is 19.1 Å². The average molecular weight is 809 g/mol. The van der Waals surface area contributed by atoms with Crippen molar-refractivity contribution in [2.24, 2.45) is 17.3 Å². The van der Waals surface area contributed by atoms with E-state index in [1.807, 2.05) is 6.92 Å². The molecule has 17 nitrogen and oxygen atoms in total. The Morgan fingerprint density at radius 3 is 2.18 bits per heavy atom. The number of carbonyl (C=O) groups is 4. The second kappa shape index (κ2) is 17.2. The number of non-ortho nitro benzene ring substituents is 2. The van der Waals surface area contributed by atoms with Crippen molar-refractivity contribution < 1.29 is 44.0 Å². The molecule has 0 aromatic heterocycles. The van der Waals surface area contributed by atoms with Crippen LogP contribution in [0.2, 0.25) is 0 Å². The second-order valence-electron chi connectivity index (χ2n) is 15.8. The zero-order valence-corrected chi connectivity index (χ0v) is 32.9.